The SMILES string of the molecule is CCCCCCCCCCn1c(O[Cl+2]([O-])[O-])nc2ccccc21. The predicted octanol–water partition coefficient (Wildman–Crippen LogP) is 2.64. The maximum absolute atomic E-state index is 10.8. The summed E-state index contributed by atoms with van der Waals surface area (Å²) in [6, 6.07) is 7.73. The van der Waals surface area contributed by atoms with E-state index in [1.807, 2.05) is 28.8 Å². The number of imidazole rings is 1. The van der Waals surface area contributed by atoms with E-state index in [4.69, 9.17) is 4.29 Å². The molecule has 6 heteroatoms. The minimum atomic E-state index is -2.26. The average molecular weight is 341 g/mol. The Hall–Kier alpha value is -1.30. The molecule has 1 aromatic carbocycles. The van der Waals surface area contributed by atoms with E-state index in [1.54, 1.807) is 0 Å². The third-order valence-corrected chi connectivity index (χ3v) is 4.25. The van der Waals surface area contributed by atoms with E-state index in [0.717, 1.165) is 30.4 Å². The molecule has 128 valence electrons. The van der Waals surface area contributed by atoms with Crippen molar-refractivity contribution in [2.24, 2.45) is 0 Å². The van der Waals surface area contributed by atoms with Gasteiger partial charge in [0.15, 0.2) is 0 Å². The largest absolute Gasteiger partial charge is 0.417 e. The monoisotopic (exact) mass is 340 g/mol. The van der Waals surface area contributed by atoms with Crippen LogP contribution in [0.25, 0.3) is 11.0 Å². The molecule has 0 unspecified atom stereocenters. The summed E-state index contributed by atoms with van der Waals surface area (Å²) >= 11 is 0. The van der Waals surface area contributed by atoms with Crippen LogP contribution in [0.1, 0.15) is 58.3 Å². The Labute approximate surface area is 140 Å². The van der Waals surface area contributed by atoms with Gasteiger partial charge in [-0.25, -0.2) is 0 Å². The molecule has 0 saturated carbocycles. The number of benzene rings is 1. The highest BCUT2D eigenvalue weighted by atomic mass is 35.6. The Morgan fingerprint density at radius 1 is 1.00 bits per heavy atom. The number of rotatable bonds is 11. The number of hydrogen-bond acceptors (Lipinski definition) is 4. The minimum Gasteiger partial charge on any atom is -0.307 e. The van der Waals surface area contributed by atoms with Gasteiger partial charge in [-0.1, -0.05) is 68.3 Å². The molecular weight excluding hydrogens is 316 g/mol. The third kappa shape index (κ3) is 5.68. The summed E-state index contributed by atoms with van der Waals surface area (Å²) in [6.45, 7) is 2.94. The van der Waals surface area contributed by atoms with Gasteiger partial charge in [-0.2, -0.15) is 4.98 Å². The van der Waals surface area contributed by atoms with E-state index in [9.17, 15) is 9.32 Å². The topological polar surface area (TPSA) is 73.2 Å². The van der Waals surface area contributed by atoms with Gasteiger partial charge in [-0.15, -0.1) is 0 Å². The molecule has 0 saturated heterocycles. The van der Waals surface area contributed by atoms with Crippen molar-refractivity contribution in [1.82, 2.24) is 9.55 Å². The van der Waals surface area contributed by atoms with E-state index in [-0.39, 0.29) is 6.01 Å². The molecule has 2 rings (SSSR count). The Morgan fingerprint density at radius 2 is 1.65 bits per heavy atom. The van der Waals surface area contributed by atoms with E-state index in [0.29, 0.717) is 0 Å². The van der Waals surface area contributed by atoms with E-state index >= 15 is 0 Å². The zero-order chi connectivity index (χ0) is 16.5. The lowest BCUT2D eigenvalue weighted by Gasteiger charge is -2.06. The Kier molecular flexibility index (Phi) is 7.65. The molecule has 1 heterocycles. The standard InChI is InChI=1S/C17H25ClN2O3/c1-2-3-4-5-6-7-8-11-14-20-16-13-10-9-12-15(16)19-17(20)23-18(21)22/h9-10,12-13H,2-8,11,14H2,1H3. The first kappa shape index (κ1) is 18.0. The fourth-order valence-corrected chi connectivity index (χ4v) is 3.02. The average Bonchev–Trinajstić information content (AvgIpc) is 2.86. The summed E-state index contributed by atoms with van der Waals surface area (Å²) in [7, 11) is -2.26. The lowest BCUT2D eigenvalue weighted by Crippen LogP contribution is -2.37. The Balaban J connectivity index is 1.86. The van der Waals surface area contributed by atoms with Crippen LogP contribution in [-0.2, 0) is 6.54 Å². The van der Waals surface area contributed by atoms with E-state index in [1.165, 1.54) is 38.5 Å². The fourth-order valence-electron chi connectivity index (χ4n) is 2.79. The van der Waals surface area contributed by atoms with Crippen molar-refractivity contribution in [2.75, 3.05) is 0 Å². The lowest BCUT2D eigenvalue weighted by molar-refractivity contribution is -1.62. The number of aromatic nitrogens is 2. The number of nitrogens with zero attached hydrogens (tertiary/aromatic N) is 2. The van der Waals surface area contributed by atoms with Gasteiger partial charge >= 0.3 is 16.8 Å². The molecule has 0 fully saturated rings. The minimum absolute atomic E-state index is 0.139. The van der Waals surface area contributed by atoms with Gasteiger partial charge < -0.3 is 9.32 Å². The van der Waals surface area contributed by atoms with Crippen LogP contribution in [-0.4, -0.2) is 9.55 Å². The predicted molar refractivity (Wildman–Crippen MR) is 83.0 cm³/mol. The molecule has 0 radical (unpaired) electrons. The second kappa shape index (κ2) is 9.75. The highest BCUT2D eigenvalue weighted by Crippen LogP contribution is 2.22. The molecule has 23 heavy (non-hydrogen) atoms. The van der Waals surface area contributed by atoms with E-state index < -0.39 is 10.8 Å². The van der Waals surface area contributed by atoms with Gasteiger partial charge in [0, 0.05) is 6.54 Å². The summed E-state index contributed by atoms with van der Waals surface area (Å²) in [5, 5.41) is 0. The van der Waals surface area contributed by atoms with Crippen LogP contribution in [0.15, 0.2) is 24.3 Å². The van der Waals surface area contributed by atoms with Crippen LogP contribution in [0.4, 0.5) is 0 Å². The highest BCUT2D eigenvalue weighted by Gasteiger charge is 2.20. The molecule has 0 amide bonds. The maximum atomic E-state index is 10.8. The lowest BCUT2D eigenvalue weighted by atomic mass is 10.1. The molecule has 0 aliphatic heterocycles. The van der Waals surface area contributed by atoms with Crippen molar-refractivity contribution in [3.05, 3.63) is 24.3 Å². The number of para-hydroxylation sites is 2. The highest BCUT2D eigenvalue weighted by molar-refractivity contribution is 5.76. The molecule has 1 aromatic heterocycles. The summed E-state index contributed by atoms with van der Waals surface area (Å²) < 4.78 is 28.2. The second-order valence-corrected chi connectivity index (χ2v) is 6.31. The normalized spacial score (nSPS) is 11.5. The zero-order valence-corrected chi connectivity index (χ0v) is 14.4. The van der Waals surface area contributed by atoms with Crippen molar-refractivity contribution in [1.29, 1.82) is 0 Å². The molecule has 0 atom stereocenters. The Bertz CT molecular complexity index is 586. The quantitative estimate of drug-likeness (QED) is 0.589. The Morgan fingerprint density at radius 3 is 2.35 bits per heavy atom. The van der Waals surface area contributed by atoms with Crippen molar-refractivity contribution >= 4 is 11.0 Å². The first-order valence-corrected chi connectivity index (χ1v) is 9.34. The molecule has 0 aliphatic carbocycles. The summed E-state index contributed by atoms with van der Waals surface area (Å²) in [4.78, 5) is 4.24. The van der Waals surface area contributed by atoms with Crippen molar-refractivity contribution in [3.63, 3.8) is 0 Å². The number of fused-ring (bicyclic) bond motifs is 1. The summed E-state index contributed by atoms with van der Waals surface area (Å²) in [5.74, 6) is 0. The second-order valence-electron chi connectivity index (χ2n) is 5.78. The number of aryl methyl sites for hydroxylation is 1. The van der Waals surface area contributed by atoms with Gasteiger partial charge in [0.2, 0.25) is 0 Å². The zero-order valence-electron chi connectivity index (χ0n) is 13.7. The molecule has 0 spiro atoms. The molecule has 0 N–H and O–H groups in total. The third-order valence-electron chi connectivity index (χ3n) is 3.99. The first-order chi connectivity index (χ1) is 11.2. The molecule has 5 nitrogen and oxygen atoms in total. The molecule has 0 bridgehead atoms. The molecular formula is C17H25ClN2O3. The number of unbranched alkanes of at least 4 members (excludes halogenated alkanes) is 7. The van der Waals surface area contributed by atoms with Crippen LogP contribution in [0.5, 0.6) is 6.01 Å². The van der Waals surface area contributed by atoms with Gasteiger partial charge in [-0.3, -0.25) is 4.57 Å². The summed E-state index contributed by atoms with van der Waals surface area (Å²) in [6.07, 6.45) is 9.86. The number of halogens is 1. The van der Waals surface area contributed by atoms with Crippen molar-refractivity contribution < 1.29 is 24.4 Å². The van der Waals surface area contributed by atoms with Crippen LogP contribution in [0.2, 0.25) is 0 Å². The van der Waals surface area contributed by atoms with Gasteiger partial charge in [0.05, 0.1) is 11.0 Å². The van der Waals surface area contributed by atoms with Gasteiger partial charge in [-0.05, 0) is 18.6 Å². The first-order valence-electron chi connectivity index (χ1n) is 8.41. The molecule has 0 aliphatic rings. The van der Waals surface area contributed by atoms with Crippen molar-refractivity contribution in [3.8, 4) is 6.01 Å². The van der Waals surface area contributed by atoms with Gasteiger partial charge in [0.25, 0.3) is 0 Å². The van der Waals surface area contributed by atoms with E-state index in [2.05, 4.69) is 11.9 Å². The van der Waals surface area contributed by atoms with Crippen LogP contribution < -0.4 is 13.6 Å². The number of hydrogen-bond donors (Lipinski definition) is 0. The van der Waals surface area contributed by atoms with Crippen LogP contribution >= 0.6 is 0 Å². The maximum Gasteiger partial charge on any atom is 0.417 e. The summed E-state index contributed by atoms with van der Waals surface area (Å²) in [5.41, 5.74) is 1.66. The van der Waals surface area contributed by atoms with Crippen molar-refractivity contribution in [2.45, 2.75) is 64.8 Å². The smallest absolute Gasteiger partial charge is 0.307 e. The fraction of sp³-hybridized carbons (Fsp3) is 0.588. The molecule has 2 aromatic rings. The van der Waals surface area contributed by atoms with Crippen LogP contribution in [0, 0.1) is 10.8 Å². The van der Waals surface area contributed by atoms with Crippen LogP contribution in [0.3, 0.4) is 0 Å². The van der Waals surface area contributed by atoms with Gasteiger partial charge in [0.1, 0.15) is 0 Å².